The number of likely N-dealkylation sites (N-methyl/N-ethyl adjacent to an activating group) is 1. The highest BCUT2D eigenvalue weighted by Crippen LogP contribution is 2.35. The highest BCUT2D eigenvalue weighted by atomic mass is 35.5. The topological polar surface area (TPSA) is 112 Å². The van der Waals surface area contributed by atoms with E-state index in [0.29, 0.717) is 77.2 Å². The van der Waals surface area contributed by atoms with Crippen molar-refractivity contribution in [3.63, 3.8) is 0 Å². The molecule has 0 radical (unpaired) electrons. The Labute approximate surface area is 369 Å². The second kappa shape index (κ2) is 25.7. The van der Waals surface area contributed by atoms with E-state index in [4.69, 9.17) is 16.6 Å². The van der Waals surface area contributed by atoms with Crippen molar-refractivity contribution in [1.82, 2.24) is 25.5 Å². The van der Waals surface area contributed by atoms with E-state index in [1.165, 1.54) is 18.2 Å². The highest BCUT2D eigenvalue weighted by molar-refractivity contribution is 6.31. The third kappa shape index (κ3) is 15.1. The Morgan fingerprint density at radius 2 is 1.42 bits per heavy atom. The minimum Gasteiger partial charge on any atom is -0.355 e. The molecular weight excluding hydrogens is 804 g/mol. The first-order valence-electron chi connectivity index (χ1n) is 21.2. The molecule has 0 saturated carbocycles. The molecule has 0 fully saturated rings. The van der Waals surface area contributed by atoms with Crippen LogP contribution in [0, 0.1) is 11.6 Å². The van der Waals surface area contributed by atoms with Gasteiger partial charge in [0.1, 0.15) is 11.6 Å². The van der Waals surface area contributed by atoms with Crippen LogP contribution in [0.3, 0.4) is 0 Å². The lowest BCUT2D eigenvalue weighted by Gasteiger charge is -2.17. The van der Waals surface area contributed by atoms with Crippen LogP contribution in [0.4, 0.5) is 20.4 Å². The summed E-state index contributed by atoms with van der Waals surface area (Å²) in [5, 5.41) is 9.51. The Balaban J connectivity index is 0.970. The van der Waals surface area contributed by atoms with E-state index in [2.05, 4.69) is 98.5 Å². The van der Waals surface area contributed by atoms with Crippen molar-refractivity contribution in [1.29, 1.82) is 0 Å². The number of nitrogens with zero attached hydrogens (tertiary/aromatic N) is 4. The number of fused-ring (bicyclic) bond motifs is 3. The number of halogens is 3. The van der Waals surface area contributed by atoms with E-state index in [9.17, 15) is 18.4 Å². The van der Waals surface area contributed by atoms with Crippen LogP contribution in [0.1, 0.15) is 85.3 Å². The number of aliphatic imine (C=N–C) groups is 1. The fraction of sp³-hybridized carbons (Fsp3) is 0.300. The lowest BCUT2D eigenvalue weighted by molar-refractivity contribution is -0.121. The number of hydrogen-bond acceptors (Lipinski definition) is 7. The van der Waals surface area contributed by atoms with Gasteiger partial charge >= 0.3 is 0 Å². The van der Waals surface area contributed by atoms with Gasteiger partial charge in [0.15, 0.2) is 0 Å². The first kappa shape index (κ1) is 47.0. The van der Waals surface area contributed by atoms with Gasteiger partial charge in [-0.1, -0.05) is 91.4 Å². The second-order valence-corrected chi connectivity index (χ2v) is 15.2. The molecule has 0 bridgehead atoms. The van der Waals surface area contributed by atoms with E-state index in [1.54, 1.807) is 48.7 Å². The SMILES string of the molecule is CC/C=C\C/C=C\C/C=C\C/C=C\C/C=C\CCCC(=O)NCCN(C)CCNC(=O)c1ccc(Nc2ncc3c(n2)-c2ccc(Cl)cc2C(c2c(F)cccc2F)=NC3)cc1. The average molecular weight is 860 g/mol. The second-order valence-electron chi connectivity index (χ2n) is 14.7. The standard InChI is InChI=1S/C50H56ClF2N7O2/c1-3-4-5-6-7-8-9-10-11-12-13-14-15-16-17-18-19-23-45(61)54-30-32-60(2)33-31-55-49(62)37-24-27-40(28-25-37)58-50-57-36-38-35-56-48(46-43(52)21-20-22-44(46)53)42-34-39(51)26-29-41(42)47(38)59-50/h4-5,7-8,10-11,13-14,16-17,20-22,24-29,34,36H,3,6,9,12,15,18-19,23,30-33,35H2,1-2H3,(H,54,61)(H,55,62)(H,57,58,59)/b5-4-,8-7-,11-10-,14-13-,17-16-. The molecule has 0 atom stereocenters. The van der Waals surface area contributed by atoms with Gasteiger partial charge in [-0.2, -0.15) is 0 Å². The molecule has 12 heteroatoms. The third-order valence-corrected chi connectivity index (χ3v) is 10.1. The summed E-state index contributed by atoms with van der Waals surface area (Å²) in [4.78, 5) is 41.0. The van der Waals surface area contributed by atoms with Crippen LogP contribution < -0.4 is 16.0 Å². The monoisotopic (exact) mass is 859 g/mol. The predicted octanol–water partition coefficient (Wildman–Crippen LogP) is 10.9. The van der Waals surface area contributed by atoms with Gasteiger partial charge in [-0.15, -0.1) is 0 Å². The molecule has 0 saturated heterocycles. The summed E-state index contributed by atoms with van der Waals surface area (Å²) in [5.41, 5.74) is 3.37. The molecule has 3 aromatic carbocycles. The van der Waals surface area contributed by atoms with E-state index < -0.39 is 11.6 Å². The van der Waals surface area contributed by atoms with Crippen molar-refractivity contribution in [2.75, 3.05) is 38.5 Å². The number of nitrogens with one attached hydrogen (secondary N) is 3. The number of allylic oxidation sites excluding steroid dienone is 10. The summed E-state index contributed by atoms with van der Waals surface area (Å²) in [6, 6.07) is 15.7. The summed E-state index contributed by atoms with van der Waals surface area (Å²) in [6.45, 7) is 4.52. The zero-order chi connectivity index (χ0) is 43.9. The van der Waals surface area contributed by atoms with Crippen molar-refractivity contribution in [2.45, 2.75) is 64.8 Å². The average Bonchev–Trinajstić information content (AvgIpc) is 3.41. The number of carbonyl (C=O) groups is 2. The van der Waals surface area contributed by atoms with Gasteiger partial charge in [0.2, 0.25) is 11.9 Å². The largest absolute Gasteiger partial charge is 0.355 e. The highest BCUT2D eigenvalue weighted by Gasteiger charge is 2.25. The number of unbranched alkanes of at least 4 members (excludes halogenated alkanes) is 1. The molecule has 5 rings (SSSR count). The lowest BCUT2D eigenvalue weighted by Crippen LogP contribution is -2.37. The maximum Gasteiger partial charge on any atom is 0.251 e. The van der Waals surface area contributed by atoms with Crippen LogP contribution in [0.5, 0.6) is 0 Å². The van der Waals surface area contributed by atoms with Gasteiger partial charge in [0.25, 0.3) is 5.91 Å². The molecule has 2 heterocycles. The first-order valence-corrected chi connectivity index (χ1v) is 21.6. The Hall–Kier alpha value is -6.04. The minimum absolute atomic E-state index is 0.0453. The summed E-state index contributed by atoms with van der Waals surface area (Å²) in [5.74, 6) is -1.32. The van der Waals surface area contributed by atoms with E-state index >= 15 is 0 Å². The van der Waals surface area contributed by atoms with Gasteiger partial charge in [-0.05, 0) is 101 Å². The minimum atomic E-state index is -0.726. The Morgan fingerprint density at radius 1 is 0.790 bits per heavy atom. The van der Waals surface area contributed by atoms with Gasteiger partial charge in [0, 0.05) is 71.8 Å². The maximum atomic E-state index is 14.9. The summed E-state index contributed by atoms with van der Waals surface area (Å²) in [7, 11) is 1.95. The molecule has 3 N–H and O–H groups in total. The van der Waals surface area contributed by atoms with Crippen LogP contribution >= 0.6 is 11.6 Å². The number of carbonyl (C=O) groups excluding carboxylic acids is 2. The van der Waals surface area contributed by atoms with Gasteiger partial charge in [0.05, 0.1) is 23.5 Å². The van der Waals surface area contributed by atoms with Crippen molar-refractivity contribution < 1.29 is 18.4 Å². The van der Waals surface area contributed by atoms with Crippen molar-refractivity contribution in [3.8, 4) is 11.3 Å². The number of rotatable bonds is 23. The van der Waals surface area contributed by atoms with Crippen LogP contribution in [-0.2, 0) is 11.3 Å². The molecule has 1 aliphatic heterocycles. The molecule has 9 nitrogen and oxygen atoms in total. The molecule has 1 aliphatic rings. The molecule has 1 aromatic heterocycles. The molecule has 62 heavy (non-hydrogen) atoms. The number of anilines is 2. The van der Waals surface area contributed by atoms with Crippen molar-refractivity contribution >= 4 is 40.8 Å². The molecule has 0 aliphatic carbocycles. The predicted molar refractivity (Wildman–Crippen MR) is 249 cm³/mol. The van der Waals surface area contributed by atoms with Crippen LogP contribution in [-0.4, -0.2) is 65.6 Å². The van der Waals surface area contributed by atoms with Gasteiger partial charge < -0.3 is 20.9 Å². The summed E-state index contributed by atoms with van der Waals surface area (Å²) < 4.78 is 29.8. The Bertz CT molecular complexity index is 2270. The number of benzene rings is 3. The van der Waals surface area contributed by atoms with E-state index in [0.717, 1.165) is 44.9 Å². The lowest BCUT2D eigenvalue weighted by atomic mass is 9.95. The molecular formula is C50H56ClF2N7O2. The third-order valence-electron chi connectivity index (χ3n) is 9.89. The van der Waals surface area contributed by atoms with Crippen molar-refractivity contribution in [2.24, 2.45) is 4.99 Å². The number of aromatic nitrogens is 2. The Morgan fingerprint density at radius 3 is 2.08 bits per heavy atom. The fourth-order valence-electron chi connectivity index (χ4n) is 6.55. The summed E-state index contributed by atoms with van der Waals surface area (Å²) in [6.07, 6.45) is 30.5. The quantitative estimate of drug-likeness (QED) is 0.0506. The molecule has 4 aromatic rings. The number of amides is 2. The Kier molecular flexibility index (Phi) is 19.5. The zero-order valence-electron chi connectivity index (χ0n) is 35.6. The molecule has 324 valence electrons. The molecule has 0 spiro atoms. The van der Waals surface area contributed by atoms with Gasteiger partial charge in [-0.3, -0.25) is 14.6 Å². The molecule has 2 amide bonds. The summed E-state index contributed by atoms with van der Waals surface area (Å²) >= 11 is 6.35. The van der Waals surface area contributed by atoms with E-state index in [1.807, 2.05) is 7.05 Å². The van der Waals surface area contributed by atoms with Crippen LogP contribution in [0.25, 0.3) is 11.3 Å². The van der Waals surface area contributed by atoms with Gasteiger partial charge in [-0.25, -0.2) is 18.7 Å². The normalized spacial score (nSPS) is 12.7. The van der Waals surface area contributed by atoms with Crippen LogP contribution in [0.15, 0.2) is 133 Å². The van der Waals surface area contributed by atoms with E-state index in [-0.39, 0.29) is 29.6 Å². The smallest absolute Gasteiger partial charge is 0.251 e. The van der Waals surface area contributed by atoms with Crippen LogP contribution in [0.2, 0.25) is 5.02 Å². The fourth-order valence-corrected chi connectivity index (χ4v) is 6.73. The van der Waals surface area contributed by atoms with Crippen molar-refractivity contribution in [3.05, 3.63) is 167 Å². The zero-order valence-corrected chi connectivity index (χ0v) is 36.3. The first-order chi connectivity index (χ1) is 30.2. The molecule has 0 unspecified atom stereocenters. The number of hydrogen-bond donors (Lipinski definition) is 3. The maximum absolute atomic E-state index is 14.9.